The van der Waals surface area contributed by atoms with Crippen molar-refractivity contribution in [2.45, 2.75) is 24.9 Å². The molecule has 2 aliphatic rings. The Bertz CT molecular complexity index is 1030. The first-order valence-corrected chi connectivity index (χ1v) is 9.83. The maximum absolute atomic E-state index is 13.0. The van der Waals surface area contributed by atoms with Gasteiger partial charge in [0.1, 0.15) is 12.4 Å². The molecule has 0 bridgehead atoms. The number of nitro benzene ring substituents is 1. The van der Waals surface area contributed by atoms with E-state index in [1.165, 1.54) is 31.4 Å². The number of rotatable bonds is 7. The van der Waals surface area contributed by atoms with Gasteiger partial charge in [-0.1, -0.05) is 30.3 Å². The third-order valence-electron chi connectivity index (χ3n) is 5.25. The Labute approximate surface area is 178 Å². The van der Waals surface area contributed by atoms with Crippen molar-refractivity contribution in [3.63, 3.8) is 0 Å². The topological polar surface area (TPSA) is 111 Å². The molecule has 1 fully saturated rings. The van der Waals surface area contributed by atoms with Crippen LogP contribution in [0, 0.1) is 10.1 Å². The van der Waals surface area contributed by atoms with Crippen LogP contribution in [-0.4, -0.2) is 41.6 Å². The van der Waals surface area contributed by atoms with Crippen LogP contribution in [0.4, 0.5) is 10.5 Å². The third-order valence-corrected chi connectivity index (χ3v) is 5.25. The summed E-state index contributed by atoms with van der Waals surface area (Å²) in [7, 11) is 1.30. The Morgan fingerprint density at radius 1 is 1.16 bits per heavy atom. The summed E-state index contributed by atoms with van der Waals surface area (Å²) >= 11 is 0. The van der Waals surface area contributed by atoms with Crippen molar-refractivity contribution in [2.75, 3.05) is 13.7 Å². The Hall–Kier alpha value is -3.88. The van der Waals surface area contributed by atoms with Gasteiger partial charge in [0.15, 0.2) is 0 Å². The highest BCUT2D eigenvalue weighted by atomic mass is 16.6. The van der Waals surface area contributed by atoms with Crippen molar-refractivity contribution in [2.24, 2.45) is 0 Å². The summed E-state index contributed by atoms with van der Waals surface area (Å²) in [6.07, 6.45) is 1.66. The summed E-state index contributed by atoms with van der Waals surface area (Å²) in [5.41, 5.74) is 1.44. The number of nitrogens with zero attached hydrogens (tertiary/aromatic N) is 2. The molecular weight excluding hydrogens is 402 g/mol. The van der Waals surface area contributed by atoms with E-state index in [4.69, 9.17) is 9.47 Å². The van der Waals surface area contributed by atoms with Crippen LogP contribution in [0.5, 0.6) is 5.75 Å². The molecule has 2 amide bonds. The molecule has 1 heterocycles. The molecule has 31 heavy (non-hydrogen) atoms. The number of ether oxygens (including phenoxy) is 2. The number of methoxy groups -OCH3 is 1. The molecule has 9 nitrogen and oxygen atoms in total. The van der Waals surface area contributed by atoms with Gasteiger partial charge in [0.25, 0.3) is 5.69 Å². The van der Waals surface area contributed by atoms with Gasteiger partial charge >= 0.3 is 12.0 Å². The minimum Gasteiger partial charge on any atom is -0.487 e. The van der Waals surface area contributed by atoms with E-state index in [1.807, 2.05) is 30.3 Å². The van der Waals surface area contributed by atoms with E-state index in [0.29, 0.717) is 17.0 Å². The van der Waals surface area contributed by atoms with Crippen LogP contribution in [0.3, 0.4) is 0 Å². The monoisotopic (exact) mass is 423 g/mol. The predicted octanol–water partition coefficient (Wildman–Crippen LogP) is 3.33. The standard InChI is InChI=1S/C22H21N3O6/c1-30-21(26)19-18(13-31-17-11-9-16(10-12-17)25(28)29)24(15-7-8-15)22(27)23-20(19)14-5-3-2-4-6-14/h2-6,9-12,15,20H,7-8,13H2,1H3,(H,23,27). The van der Waals surface area contributed by atoms with Gasteiger partial charge in [0, 0.05) is 18.2 Å². The SMILES string of the molecule is COC(=O)C1=C(COc2ccc([N+](=O)[O-])cc2)N(C2CC2)C(=O)NC1c1ccccc1. The molecule has 0 radical (unpaired) electrons. The molecule has 1 N–H and O–H groups in total. The van der Waals surface area contributed by atoms with E-state index in [0.717, 1.165) is 18.4 Å². The van der Waals surface area contributed by atoms with E-state index in [9.17, 15) is 19.7 Å². The number of nitrogens with one attached hydrogen (secondary N) is 1. The predicted molar refractivity (Wildman–Crippen MR) is 110 cm³/mol. The van der Waals surface area contributed by atoms with E-state index >= 15 is 0 Å². The number of amides is 2. The molecule has 1 saturated carbocycles. The molecule has 2 aromatic carbocycles. The summed E-state index contributed by atoms with van der Waals surface area (Å²) in [5.74, 6) is -0.165. The summed E-state index contributed by atoms with van der Waals surface area (Å²) in [4.78, 5) is 37.7. The Kier molecular flexibility index (Phi) is 5.57. The molecule has 1 atom stereocenters. The van der Waals surface area contributed by atoms with Gasteiger partial charge in [0.2, 0.25) is 0 Å². The smallest absolute Gasteiger partial charge is 0.338 e. The van der Waals surface area contributed by atoms with Crippen molar-refractivity contribution in [1.29, 1.82) is 0 Å². The van der Waals surface area contributed by atoms with Crippen LogP contribution in [0.25, 0.3) is 0 Å². The summed E-state index contributed by atoms with van der Waals surface area (Å²) in [6.45, 7) is -0.0600. The second-order valence-corrected chi connectivity index (χ2v) is 7.29. The van der Waals surface area contributed by atoms with Crippen molar-refractivity contribution in [3.05, 3.63) is 81.5 Å². The van der Waals surface area contributed by atoms with Crippen LogP contribution in [-0.2, 0) is 9.53 Å². The molecule has 1 aliphatic carbocycles. The lowest BCUT2D eigenvalue weighted by Crippen LogP contribution is -2.50. The van der Waals surface area contributed by atoms with Crippen LogP contribution in [0.2, 0.25) is 0 Å². The number of nitro groups is 1. The molecule has 9 heteroatoms. The van der Waals surface area contributed by atoms with Crippen LogP contribution in [0.1, 0.15) is 24.4 Å². The highest BCUT2D eigenvalue weighted by Crippen LogP contribution is 2.38. The van der Waals surface area contributed by atoms with Crippen molar-refractivity contribution in [1.82, 2.24) is 10.2 Å². The number of esters is 1. The van der Waals surface area contributed by atoms with Gasteiger partial charge in [0.05, 0.1) is 29.3 Å². The number of carbonyl (C=O) groups excluding carboxylic acids is 2. The number of urea groups is 1. The second-order valence-electron chi connectivity index (χ2n) is 7.29. The van der Waals surface area contributed by atoms with Gasteiger partial charge in [-0.15, -0.1) is 0 Å². The Balaban J connectivity index is 1.71. The molecule has 2 aromatic rings. The van der Waals surface area contributed by atoms with E-state index in [2.05, 4.69) is 5.32 Å². The highest BCUT2D eigenvalue weighted by Gasteiger charge is 2.44. The lowest BCUT2D eigenvalue weighted by Gasteiger charge is -2.36. The van der Waals surface area contributed by atoms with Crippen LogP contribution >= 0.6 is 0 Å². The zero-order chi connectivity index (χ0) is 22.0. The first kappa shape index (κ1) is 20.4. The molecule has 0 aromatic heterocycles. The molecule has 4 rings (SSSR count). The van der Waals surface area contributed by atoms with Gasteiger partial charge < -0.3 is 14.8 Å². The molecule has 1 unspecified atom stereocenters. The maximum Gasteiger partial charge on any atom is 0.338 e. The van der Waals surface area contributed by atoms with Crippen molar-refractivity contribution in [3.8, 4) is 5.75 Å². The average Bonchev–Trinajstić information content (AvgIpc) is 3.62. The first-order chi connectivity index (χ1) is 15.0. The third kappa shape index (κ3) is 4.20. The van der Waals surface area contributed by atoms with Crippen molar-refractivity contribution < 1.29 is 24.0 Å². The summed E-state index contributed by atoms with van der Waals surface area (Å²) in [6, 6.07) is 13.8. The van der Waals surface area contributed by atoms with Gasteiger partial charge in [-0.3, -0.25) is 15.0 Å². The molecule has 1 aliphatic heterocycles. The molecular formula is C22H21N3O6. The normalized spacial score (nSPS) is 18.4. The number of non-ortho nitro benzene ring substituents is 1. The number of benzene rings is 2. The van der Waals surface area contributed by atoms with Gasteiger partial charge in [-0.2, -0.15) is 0 Å². The summed E-state index contributed by atoms with van der Waals surface area (Å²) in [5, 5.41) is 13.8. The van der Waals surface area contributed by atoms with Crippen molar-refractivity contribution >= 4 is 17.7 Å². The first-order valence-electron chi connectivity index (χ1n) is 9.83. The zero-order valence-electron chi connectivity index (χ0n) is 16.8. The number of hydrogen-bond donors (Lipinski definition) is 1. The minimum atomic E-state index is -0.674. The maximum atomic E-state index is 13.0. The van der Waals surface area contributed by atoms with Crippen LogP contribution in [0.15, 0.2) is 65.9 Å². The van der Waals surface area contributed by atoms with E-state index < -0.39 is 16.9 Å². The molecule has 160 valence electrons. The Morgan fingerprint density at radius 2 is 1.84 bits per heavy atom. The van der Waals surface area contributed by atoms with Gasteiger partial charge in [-0.05, 0) is 30.5 Å². The number of carbonyl (C=O) groups is 2. The second kappa shape index (κ2) is 8.47. The fraction of sp³-hybridized carbons (Fsp3) is 0.273. The molecule has 0 spiro atoms. The molecule has 0 saturated heterocycles. The summed E-state index contributed by atoms with van der Waals surface area (Å²) < 4.78 is 10.9. The van der Waals surface area contributed by atoms with E-state index in [-0.39, 0.29) is 24.4 Å². The zero-order valence-corrected chi connectivity index (χ0v) is 16.8. The lowest BCUT2D eigenvalue weighted by molar-refractivity contribution is -0.384. The average molecular weight is 423 g/mol. The minimum absolute atomic E-state index is 0.00756. The lowest BCUT2D eigenvalue weighted by atomic mass is 9.94. The largest absolute Gasteiger partial charge is 0.487 e. The number of hydrogen-bond acceptors (Lipinski definition) is 6. The highest BCUT2D eigenvalue weighted by molar-refractivity contribution is 5.95. The van der Waals surface area contributed by atoms with Gasteiger partial charge in [-0.25, -0.2) is 9.59 Å². The Morgan fingerprint density at radius 3 is 2.42 bits per heavy atom. The fourth-order valence-corrected chi connectivity index (χ4v) is 3.61. The fourth-order valence-electron chi connectivity index (χ4n) is 3.61. The van der Waals surface area contributed by atoms with Crippen LogP contribution < -0.4 is 10.1 Å². The quantitative estimate of drug-likeness (QED) is 0.415. The van der Waals surface area contributed by atoms with E-state index in [1.54, 1.807) is 4.90 Å².